The molecule has 0 fully saturated rings. The molecule has 0 saturated heterocycles. The van der Waals surface area contributed by atoms with E-state index < -0.39 is 4.92 Å². The van der Waals surface area contributed by atoms with Gasteiger partial charge in [0.05, 0.1) is 15.9 Å². The van der Waals surface area contributed by atoms with Crippen LogP contribution in [0.2, 0.25) is 0 Å². The van der Waals surface area contributed by atoms with Crippen LogP contribution in [0.15, 0.2) is 66.9 Å². The number of benzene rings is 2. The van der Waals surface area contributed by atoms with Gasteiger partial charge < -0.3 is 4.57 Å². The maximum absolute atomic E-state index is 11.3. The summed E-state index contributed by atoms with van der Waals surface area (Å²) in [5.74, 6) is 0. The van der Waals surface area contributed by atoms with Crippen LogP contribution < -0.4 is 0 Å². The first-order chi connectivity index (χ1) is 14.0. The Morgan fingerprint density at radius 2 is 1.62 bits per heavy atom. The Balaban J connectivity index is 1.75. The van der Waals surface area contributed by atoms with E-state index in [1.54, 1.807) is 24.3 Å². The van der Waals surface area contributed by atoms with Gasteiger partial charge in [-0.15, -0.1) is 0 Å². The highest BCUT2D eigenvalue weighted by atomic mass is 16.6. The molecular weight excluding hydrogens is 372 g/mol. The van der Waals surface area contributed by atoms with Gasteiger partial charge in [-0.1, -0.05) is 24.3 Å². The minimum absolute atomic E-state index is 0.0557. The molecule has 0 aliphatic carbocycles. The monoisotopic (exact) mass is 392 g/mol. The molecule has 29 heavy (non-hydrogen) atoms. The molecule has 8 nitrogen and oxygen atoms in total. The summed E-state index contributed by atoms with van der Waals surface area (Å²) < 4.78 is 2.18. The number of nitro benzene ring substituents is 2. The average molecular weight is 392 g/mol. The Hall–Kier alpha value is -3.52. The van der Waals surface area contributed by atoms with E-state index in [1.807, 2.05) is 30.5 Å². The molecule has 0 spiro atoms. The van der Waals surface area contributed by atoms with Crippen molar-refractivity contribution < 1.29 is 9.85 Å². The van der Waals surface area contributed by atoms with Crippen molar-refractivity contribution in [2.24, 2.45) is 0 Å². The van der Waals surface area contributed by atoms with E-state index in [0.29, 0.717) is 6.54 Å². The molecule has 0 bridgehead atoms. The molecule has 148 valence electrons. The Bertz CT molecular complexity index is 1060. The zero-order chi connectivity index (χ0) is 20.4. The van der Waals surface area contributed by atoms with E-state index in [4.69, 9.17) is 0 Å². The molecule has 0 saturated carbocycles. The lowest BCUT2D eigenvalue weighted by atomic mass is 10.0. The van der Waals surface area contributed by atoms with Crippen molar-refractivity contribution in [1.29, 1.82) is 0 Å². The van der Waals surface area contributed by atoms with Gasteiger partial charge in [0, 0.05) is 55.8 Å². The predicted octanol–water partition coefficient (Wildman–Crippen LogP) is 4.30. The number of fused-ring (bicyclic) bond motifs is 1. The summed E-state index contributed by atoms with van der Waals surface area (Å²) in [6.07, 6.45) is 2.94. The fraction of sp³-hybridized carbons (Fsp3) is 0.238. The molecule has 0 amide bonds. The highest BCUT2D eigenvalue weighted by molar-refractivity contribution is 5.40. The van der Waals surface area contributed by atoms with E-state index in [-0.39, 0.29) is 22.3 Å². The second-order valence-electron chi connectivity index (χ2n) is 7.13. The van der Waals surface area contributed by atoms with Gasteiger partial charge in [0.25, 0.3) is 11.4 Å². The van der Waals surface area contributed by atoms with Crippen LogP contribution in [0.1, 0.15) is 29.3 Å². The van der Waals surface area contributed by atoms with Gasteiger partial charge in [0.1, 0.15) is 0 Å². The molecule has 8 heteroatoms. The summed E-state index contributed by atoms with van der Waals surface area (Å²) in [6, 6.07) is 17.2. The van der Waals surface area contributed by atoms with E-state index in [2.05, 4.69) is 9.47 Å². The normalized spacial score (nSPS) is 16.8. The summed E-state index contributed by atoms with van der Waals surface area (Å²) in [4.78, 5) is 23.9. The molecule has 0 N–H and O–H groups in total. The summed E-state index contributed by atoms with van der Waals surface area (Å²) >= 11 is 0. The van der Waals surface area contributed by atoms with Crippen molar-refractivity contribution in [1.82, 2.24) is 9.47 Å². The van der Waals surface area contributed by atoms with Gasteiger partial charge in [-0.25, -0.2) is 0 Å². The lowest BCUT2D eigenvalue weighted by molar-refractivity contribution is -0.385. The van der Waals surface area contributed by atoms with Gasteiger partial charge in [-0.3, -0.25) is 25.1 Å². The van der Waals surface area contributed by atoms with Crippen LogP contribution in [0.4, 0.5) is 11.4 Å². The summed E-state index contributed by atoms with van der Waals surface area (Å²) in [6.45, 7) is 2.15. The fourth-order valence-electron chi connectivity index (χ4n) is 4.00. The first kappa shape index (κ1) is 18.8. The first-order valence-corrected chi connectivity index (χ1v) is 9.40. The van der Waals surface area contributed by atoms with Crippen LogP contribution in [0.5, 0.6) is 0 Å². The molecule has 1 aliphatic heterocycles. The number of hydrogen-bond acceptors (Lipinski definition) is 5. The van der Waals surface area contributed by atoms with Crippen molar-refractivity contribution in [3.8, 4) is 0 Å². The molecular formula is C21H20N4O4. The second-order valence-corrected chi connectivity index (χ2v) is 7.13. The predicted molar refractivity (Wildman–Crippen MR) is 107 cm³/mol. The molecule has 4 rings (SSSR count). The lowest BCUT2D eigenvalue weighted by Gasteiger charge is -2.30. The van der Waals surface area contributed by atoms with E-state index in [0.717, 1.165) is 36.3 Å². The molecule has 3 aromatic rings. The minimum Gasteiger partial charge on any atom is -0.350 e. The van der Waals surface area contributed by atoms with Gasteiger partial charge in [0.15, 0.2) is 0 Å². The maximum atomic E-state index is 11.3. The Labute approximate surface area is 167 Å². The Morgan fingerprint density at radius 1 is 0.897 bits per heavy atom. The summed E-state index contributed by atoms with van der Waals surface area (Å²) in [7, 11) is 0. The molecule has 1 atom stereocenters. The topological polar surface area (TPSA) is 94.5 Å². The summed E-state index contributed by atoms with van der Waals surface area (Å²) in [5, 5.41) is 22.4. The zero-order valence-electron chi connectivity index (χ0n) is 15.7. The second kappa shape index (κ2) is 7.84. The lowest BCUT2D eigenvalue weighted by Crippen LogP contribution is -2.29. The van der Waals surface area contributed by atoms with Crippen molar-refractivity contribution in [2.75, 3.05) is 6.54 Å². The highest BCUT2D eigenvalue weighted by Crippen LogP contribution is 2.34. The molecule has 0 unspecified atom stereocenters. The average Bonchev–Trinajstić information content (AvgIpc) is 3.09. The largest absolute Gasteiger partial charge is 0.350 e. The fourth-order valence-corrected chi connectivity index (χ4v) is 4.00. The smallest absolute Gasteiger partial charge is 0.269 e. The third-order valence-corrected chi connectivity index (χ3v) is 5.26. The number of aromatic nitrogens is 1. The quantitative estimate of drug-likeness (QED) is 0.477. The number of aryl methyl sites for hydroxylation is 1. The standard InChI is InChI=1S/C21H20N4O4/c26-24(27)18-7-1-5-16(13-18)15-23-12-4-11-22-10-3-9-20(22)21(23)17-6-2-8-19(14-17)25(28)29/h1-3,5-10,13-14,21H,4,11-12,15H2/t21-/m0/s1. The number of hydrogen-bond donors (Lipinski definition) is 0. The molecule has 2 heterocycles. The summed E-state index contributed by atoms with van der Waals surface area (Å²) in [5.41, 5.74) is 2.86. The van der Waals surface area contributed by atoms with Crippen LogP contribution in [0, 0.1) is 20.2 Å². The van der Waals surface area contributed by atoms with Gasteiger partial charge >= 0.3 is 0 Å². The van der Waals surface area contributed by atoms with Crippen molar-refractivity contribution in [3.05, 3.63) is 104 Å². The number of non-ortho nitro benzene ring substituents is 2. The first-order valence-electron chi connectivity index (χ1n) is 9.40. The van der Waals surface area contributed by atoms with E-state index >= 15 is 0 Å². The van der Waals surface area contributed by atoms with Crippen molar-refractivity contribution in [2.45, 2.75) is 25.6 Å². The Morgan fingerprint density at radius 3 is 2.38 bits per heavy atom. The number of nitro groups is 2. The zero-order valence-corrected chi connectivity index (χ0v) is 15.7. The molecule has 2 aromatic carbocycles. The SMILES string of the molecule is O=[N+]([O-])c1cccc(CN2CCCn3cccc3[C@@H]2c2cccc([N+](=O)[O-])c2)c1. The van der Waals surface area contributed by atoms with E-state index in [1.165, 1.54) is 12.1 Å². The third-order valence-electron chi connectivity index (χ3n) is 5.26. The van der Waals surface area contributed by atoms with Crippen LogP contribution >= 0.6 is 0 Å². The van der Waals surface area contributed by atoms with Crippen LogP contribution in [-0.4, -0.2) is 25.9 Å². The molecule has 0 radical (unpaired) electrons. The number of rotatable bonds is 5. The molecule has 1 aliphatic rings. The van der Waals surface area contributed by atoms with Crippen molar-refractivity contribution in [3.63, 3.8) is 0 Å². The highest BCUT2D eigenvalue weighted by Gasteiger charge is 2.28. The molecule has 1 aromatic heterocycles. The van der Waals surface area contributed by atoms with E-state index in [9.17, 15) is 20.2 Å². The van der Waals surface area contributed by atoms with Crippen LogP contribution in [0.25, 0.3) is 0 Å². The van der Waals surface area contributed by atoms with Gasteiger partial charge in [-0.2, -0.15) is 0 Å². The van der Waals surface area contributed by atoms with Gasteiger partial charge in [-0.05, 0) is 29.7 Å². The van der Waals surface area contributed by atoms with Gasteiger partial charge in [0.2, 0.25) is 0 Å². The Kier molecular flexibility index (Phi) is 5.09. The number of nitrogens with zero attached hydrogens (tertiary/aromatic N) is 4. The maximum Gasteiger partial charge on any atom is 0.269 e. The third kappa shape index (κ3) is 3.88. The minimum atomic E-state index is -0.394. The van der Waals surface area contributed by atoms with Crippen LogP contribution in [0.3, 0.4) is 0 Å². The van der Waals surface area contributed by atoms with Crippen LogP contribution in [-0.2, 0) is 13.1 Å². The van der Waals surface area contributed by atoms with Crippen molar-refractivity contribution >= 4 is 11.4 Å².